The van der Waals surface area contributed by atoms with E-state index in [9.17, 15) is 20.4 Å². The molecule has 3 saturated heterocycles. The van der Waals surface area contributed by atoms with Crippen LogP contribution in [0.25, 0.3) is 0 Å². The van der Waals surface area contributed by atoms with Gasteiger partial charge >= 0.3 is 0 Å². The summed E-state index contributed by atoms with van der Waals surface area (Å²) in [5, 5.41) is 45.1. The highest BCUT2D eigenvalue weighted by Crippen LogP contribution is 2.35. The Labute approximate surface area is 220 Å². The molecular weight excluding hydrogens is 506 g/mol. The highest BCUT2D eigenvalue weighted by molar-refractivity contribution is 5.76. The van der Waals surface area contributed by atoms with Crippen molar-refractivity contribution in [3.63, 3.8) is 0 Å². The second-order valence-electron chi connectivity index (χ2n) is 10.5. The lowest BCUT2D eigenvalue weighted by molar-refractivity contribution is -0.371. The molecule has 4 fully saturated rings. The van der Waals surface area contributed by atoms with Gasteiger partial charge in [-0.3, -0.25) is 0 Å². The van der Waals surface area contributed by atoms with Gasteiger partial charge in [-0.1, -0.05) is 0 Å². The SMILES string of the molecule is CNC1C(OC2OC(CO)C(N=C(N)N)C(O)C2O)O[C@H]2C[C@H](N)C(O[C@H]3CC[C@H](N)CC3N)OC2C1O. The van der Waals surface area contributed by atoms with Gasteiger partial charge in [-0.15, -0.1) is 0 Å². The lowest BCUT2D eigenvalue weighted by atomic mass is 9.88. The summed E-state index contributed by atoms with van der Waals surface area (Å²) in [4.78, 5) is 3.85. The smallest absolute Gasteiger partial charge is 0.189 e. The molecule has 4 aliphatic rings. The van der Waals surface area contributed by atoms with Crippen molar-refractivity contribution in [3.05, 3.63) is 0 Å². The summed E-state index contributed by atoms with van der Waals surface area (Å²) in [5.41, 5.74) is 29.4. The summed E-state index contributed by atoms with van der Waals surface area (Å²) in [6.07, 6.45) is -7.98. The molecule has 0 aromatic heterocycles. The Hall–Kier alpha value is -1.25. The summed E-state index contributed by atoms with van der Waals surface area (Å²) in [6, 6.07) is -2.71. The summed E-state index contributed by atoms with van der Waals surface area (Å²) in [5.74, 6) is -0.340. The fourth-order valence-corrected chi connectivity index (χ4v) is 5.67. The van der Waals surface area contributed by atoms with Crippen molar-refractivity contribution in [2.75, 3.05) is 13.7 Å². The number of likely N-dealkylation sites (N-methyl/N-ethyl adjacent to an activating group) is 1. The van der Waals surface area contributed by atoms with Gasteiger partial charge in [-0.05, 0) is 32.7 Å². The van der Waals surface area contributed by atoms with E-state index >= 15 is 0 Å². The van der Waals surface area contributed by atoms with Crippen molar-refractivity contribution in [1.82, 2.24) is 5.32 Å². The topological polar surface area (TPSA) is 282 Å². The average molecular weight is 550 g/mol. The number of aliphatic imine (C=N–C) groups is 1. The quantitative estimate of drug-likeness (QED) is 0.105. The highest BCUT2D eigenvalue weighted by Gasteiger charge is 2.53. The van der Waals surface area contributed by atoms with Crippen LogP contribution in [0, 0.1) is 0 Å². The number of nitrogens with zero attached hydrogens (tertiary/aromatic N) is 1. The van der Waals surface area contributed by atoms with Crippen molar-refractivity contribution in [3.8, 4) is 0 Å². The molecule has 11 unspecified atom stereocenters. The Bertz CT molecular complexity index is 807. The average Bonchev–Trinajstić information content (AvgIpc) is 2.86. The number of fused-ring (bicyclic) bond motifs is 1. The van der Waals surface area contributed by atoms with Crippen LogP contribution in [0.3, 0.4) is 0 Å². The Morgan fingerprint density at radius 2 is 1.63 bits per heavy atom. The molecule has 4 rings (SSSR count). The van der Waals surface area contributed by atoms with Crippen molar-refractivity contribution >= 4 is 5.96 Å². The van der Waals surface area contributed by atoms with E-state index in [4.69, 9.17) is 52.4 Å². The Morgan fingerprint density at radius 1 is 0.895 bits per heavy atom. The first kappa shape index (κ1) is 29.7. The molecule has 0 amide bonds. The number of nitrogens with one attached hydrogen (secondary N) is 1. The van der Waals surface area contributed by atoms with Gasteiger partial charge in [0.05, 0.1) is 30.9 Å². The number of aliphatic hydroxyl groups excluding tert-OH is 4. The van der Waals surface area contributed by atoms with Gasteiger partial charge in [0.25, 0.3) is 0 Å². The Balaban J connectivity index is 1.42. The fourth-order valence-electron chi connectivity index (χ4n) is 5.67. The van der Waals surface area contributed by atoms with Crippen molar-refractivity contribution in [2.45, 2.75) is 117 Å². The van der Waals surface area contributed by atoms with Gasteiger partial charge in [0, 0.05) is 12.1 Å². The number of aliphatic hydroxyl groups is 4. The maximum atomic E-state index is 11.2. The molecule has 220 valence electrons. The van der Waals surface area contributed by atoms with E-state index in [1.165, 1.54) is 0 Å². The molecule has 1 aliphatic carbocycles. The normalized spacial score (nSPS) is 49.7. The lowest BCUT2D eigenvalue weighted by Gasteiger charge is -2.51. The summed E-state index contributed by atoms with van der Waals surface area (Å²) in [6.45, 7) is -0.555. The van der Waals surface area contributed by atoms with E-state index in [0.29, 0.717) is 12.8 Å². The first-order chi connectivity index (χ1) is 18.0. The molecule has 0 aromatic carbocycles. The number of hydrogen-bond donors (Lipinski definition) is 10. The van der Waals surface area contributed by atoms with E-state index in [1.807, 2.05) is 0 Å². The van der Waals surface area contributed by atoms with Gasteiger partial charge in [0.1, 0.15) is 36.6 Å². The molecule has 0 radical (unpaired) electrons. The lowest BCUT2D eigenvalue weighted by Crippen LogP contribution is -2.69. The van der Waals surface area contributed by atoms with Crippen LogP contribution in [0.2, 0.25) is 0 Å². The van der Waals surface area contributed by atoms with Crippen LogP contribution in [-0.4, -0.2) is 132 Å². The van der Waals surface area contributed by atoms with Gasteiger partial charge in [-0.25, -0.2) is 4.99 Å². The number of ether oxygens (including phenoxy) is 5. The molecule has 15 N–H and O–H groups in total. The molecule has 16 nitrogen and oxygen atoms in total. The second kappa shape index (κ2) is 12.5. The van der Waals surface area contributed by atoms with Gasteiger partial charge in [0.15, 0.2) is 24.8 Å². The first-order valence-electron chi connectivity index (χ1n) is 13.0. The largest absolute Gasteiger partial charge is 0.394 e. The number of guanidine groups is 1. The van der Waals surface area contributed by atoms with Crippen molar-refractivity contribution in [2.24, 2.45) is 33.7 Å². The molecule has 0 aromatic rings. The molecule has 38 heavy (non-hydrogen) atoms. The van der Waals surface area contributed by atoms with Crippen LogP contribution in [0.5, 0.6) is 0 Å². The van der Waals surface area contributed by atoms with Crippen LogP contribution in [0.15, 0.2) is 4.99 Å². The summed E-state index contributed by atoms with van der Waals surface area (Å²) < 4.78 is 29.9. The predicted octanol–water partition coefficient (Wildman–Crippen LogP) is -5.58. The van der Waals surface area contributed by atoms with Crippen LogP contribution in [0.4, 0.5) is 0 Å². The van der Waals surface area contributed by atoms with E-state index < -0.39 is 80.2 Å². The summed E-state index contributed by atoms with van der Waals surface area (Å²) >= 11 is 0. The standard InChI is InChI=1S/C22H43N7O9/c1-28-14-16(32)18-11(5-9(25)19(37-18)34-10-3-2-7(23)4-8(10)24)35-20(14)38-21-17(33)15(31)13(29-22(26)27)12(6-30)36-21/h7-21,28,30-33H,2-6,23-25H2,1H3,(H4,26,27,29)/t7-,8?,9-,10-,11-,12?,13?,14?,15?,16?,17?,18?,19?,20?,21?/m0/s1. The fraction of sp³-hybridized carbons (Fsp3) is 0.955. The summed E-state index contributed by atoms with van der Waals surface area (Å²) in [7, 11) is 1.60. The van der Waals surface area contributed by atoms with Crippen LogP contribution < -0.4 is 34.0 Å². The number of hydrogen-bond acceptors (Lipinski definition) is 14. The maximum absolute atomic E-state index is 11.2. The van der Waals surface area contributed by atoms with E-state index in [0.717, 1.165) is 6.42 Å². The molecule has 15 atom stereocenters. The maximum Gasteiger partial charge on any atom is 0.189 e. The molecule has 0 bridgehead atoms. The second-order valence-corrected chi connectivity index (χ2v) is 10.5. The third-order valence-corrected chi connectivity index (χ3v) is 7.75. The van der Waals surface area contributed by atoms with Crippen LogP contribution >= 0.6 is 0 Å². The number of nitrogens with two attached hydrogens (primary N) is 5. The predicted molar refractivity (Wildman–Crippen MR) is 132 cm³/mol. The molecule has 3 heterocycles. The molecule has 3 aliphatic heterocycles. The third-order valence-electron chi connectivity index (χ3n) is 7.75. The van der Waals surface area contributed by atoms with Crippen molar-refractivity contribution < 1.29 is 44.1 Å². The first-order valence-corrected chi connectivity index (χ1v) is 13.0. The van der Waals surface area contributed by atoms with Gasteiger partial charge in [0.2, 0.25) is 0 Å². The third kappa shape index (κ3) is 6.22. The van der Waals surface area contributed by atoms with E-state index in [1.54, 1.807) is 7.05 Å². The van der Waals surface area contributed by atoms with E-state index in [2.05, 4.69) is 10.3 Å². The van der Waals surface area contributed by atoms with Crippen LogP contribution in [0.1, 0.15) is 25.7 Å². The molecular formula is C22H43N7O9. The Morgan fingerprint density at radius 3 is 2.26 bits per heavy atom. The molecule has 16 heteroatoms. The zero-order valence-electron chi connectivity index (χ0n) is 21.4. The van der Waals surface area contributed by atoms with Gasteiger partial charge < -0.3 is 78.1 Å². The van der Waals surface area contributed by atoms with Crippen molar-refractivity contribution in [1.29, 1.82) is 0 Å². The minimum absolute atomic E-state index is 0.0369. The van der Waals surface area contributed by atoms with E-state index in [-0.39, 0.29) is 30.6 Å². The zero-order chi connectivity index (χ0) is 27.7. The minimum Gasteiger partial charge on any atom is -0.394 e. The zero-order valence-corrected chi connectivity index (χ0v) is 21.4. The Kier molecular flexibility index (Phi) is 9.78. The monoisotopic (exact) mass is 549 g/mol. The number of rotatable bonds is 7. The van der Waals surface area contributed by atoms with Crippen LogP contribution in [-0.2, 0) is 23.7 Å². The van der Waals surface area contributed by atoms with Gasteiger partial charge in [-0.2, -0.15) is 0 Å². The molecule has 0 spiro atoms. The molecule has 1 saturated carbocycles. The minimum atomic E-state index is -1.59. The highest BCUT2D eigenvalue weighted by atomic mass is 16.8.